The van der Waals surface area contributed by atoms with Gasteiger partial charge in [0.1, 0.15) is 5.78 Å². The Labute approximate surface area is 108 Å². The molecule has 0 spiro atoms. The van der Waals surface area contributed by atoms with E-state index in [1.54, 1.807) is 13.3 Å². The van der Waals surface area contributed by atoms with Crippen LogP contribution in [0.1, 0.15) is 49.3 Å². The number of aromatic nitrogens is 1. The van der Waals surface area contributed by atoms with Crippen LogP contribution in [0, 0.1) is 0 Å². The highest BCUT2D eigenvalue weighted by Gasteiger charge is 2.41. The molecular formula is C15H19NO2. The number of ether oxygens (including phenoxy) is 1. The van der Waals surface area contributed by atoms with Crippen molar-refractivity contribution in [3.05, 3.63) is 29.6 Å². The molecule has 18 heavy (non-hydrogen) atoms. The highest BCUT2D eigenvalue weighted by molar-refractivity contribution is 5.87. The number of pyridine rings is 1. The maximum absolute atomic E-state index is 12.5. The molecule has 1 unspecified atom stereocenters. The number of rotatable bonds is 4. The minimum atomic E-state index is -0.158. The Kier molecular flexibility index (Phi) is 2.94. The van der Waals surface area contributed by atoms with E-state index < -0.39 is 0 Å². The van der Waals surface area contributed by atoms with Gasteiger partial charge < -0.3 is 4.74 Å². The van der Waals surface area contributed by atoms with Crippen molar-refractivity contribution >= 4 is 5.78 Å². The van der Waals surface area contributed by atoms with E-state index in [0.29, 0.717) is 12.2 Å². The second-order valence-electron chi connectivity index (χ2n) is 5.52. The summed E-state index contributed by atoms with van der Waals surface area (Å²) in [4.78, 5) is 16.9. The van der Waals surface area contributed by atoms with Crippen molar-refractivity contribution in [2.75, 3.05) is 7.11 Å². The van der Waals surface area contributed by atoms with Crippen LogP contribution in [-0.2, 0) is 16.0 Å². The zero-order valence-electron chi connectivity index (χ0n) is 10.8. The van der Waals surface area contributed by atoms with Gasteiger partial charge in [-0.1, -0.05) is 6.07 Å². The fraction of sp³-hybridized carbons (Fsp3) is 0.600. The Morgan fingerprint density at radius 2 is 2.39 bits per heavy atom. The fourth-order valence-corrected chi connectivity index (χ4v) is 3.19. The monoisotopic (exact) mass is 245 g/mol. The Morgan fingerprint density at radius 1 is 1.56 bits per heavy atom. The largest absolute Gasteiger partial charge is 0.378 e. The van der Waals surface area contributed by atoms with Gasteiger partial charge in [0.2, 0.25) is 0 Å². The average molecular weight is 245 g/mol. The number of carbonyl (C=O) groups is 1. The second-order valence-corrected chi connectivity index (χ2v) is 5.52. The first-order chi connectivity index (χ1) is 8.74. The molecule has 1 fully saturated rings. The summed E-state index contributed by atoms with van der Waals surface area (Å²) in [6.45, 7) is 0. The van der Waals surface area contributed by atoms with Gasteiger partial charge in [-0.3, -0.25) is 9.78 Å². The van der Waals surface area contributed by atoms with E-state index in [1.807, 2.05) is 6.07 Å². The Morgan fingerprint density at radius 3 is 3.06 bits per heavy atom. The highest BCUT2D eigenvalue weighted by Crippen LogP contribution is 2.41. The summed E-state index contributed by atoms with van der Waals surface area (Å²) < 4.78 is 5.55. The van der Waals surface area contributed by atoms with Gasteiger partial charge in [-0.15, -0.1) is 0 Å². The summed E-state index contributed by atoms with van der Waals surface area (Å²) in [5.74, 6) is 0.322. The molecule has 2 aliphatic carbocycles. The van der Waals surface area contributed by atoms with Crippen molar-refractivity contribution in [3.8, 4) is 0 Å². The summed E-state index contributed by atoms with van der Waals surface area (Å²) in [5.41, 5.74) is 2.10. The smallest absolute Gasteiger partial charge is 0.144 e. The zero-order valence-corrected chi connectivity index (χ0v) is 10.8. The molecule has 1 aromatic heterocycles. The van der Waals surface area contributed by atoms with Gasteiger partial charge in [-0.05, 0) is 43.7 Å². The summed E-state index contributed by atoms with van der Waals surface area (Å²) in [6.07, 6.45) is 7.49. The number of fused-ring (bicyclic) bond motifs is 1. The van der Waals surface area contributed by atoms with Gasteiger partial charge in [-0.25, -0.2) is 0 Å². The molecule has 3 rings (SSSR count). The second kappa shape index (κ2) is 4.47. The molecule has 96 valence electrons. The van der Waals surface area contributed by atoms with Crippen LogP contribution in [0.4, 0.5) is 0 Å². The normalized spacial score (nSPS) is 24.4. The van der Waals surface area contributed by atoms with Crippen LogP contribution in [0.2, 0.25) is 0 Å². The zero-order chi connectivity index (χ0) is 12.6. The first kappa shape index (κ1) is 11.8. The summed E-state index contributed by atoms with van der Waals surface area (Å²) in [7, 11) is 1.73. The topological polar surface area (TPSA) is 39.2 Å². The SMILES string of the molecule is COC1(CC(=O)C2CCc3cccnc32)CCC1. The van der Waals surface area contributed by atoms with Crippen LogP contribution in [0.25, 0.3) is 0 Å². The molecule has 0 bridgehead atoms. The molecule has 0 radical (unpaired) electrons. The van der Waals surface area contributed by atoms with E-state index in [9.17, 15) is 4.79 Å². The molecule has 0 aromatic carbocycles. The molecule has 0 N–H and O–H groups in total. The maximum Gasteiger partial charge on any atom is 0.144 e. The predicted octanol–water partition coefficient (Wildman–Crippen LogP) is 2.64. The number of hydrogen-bond donors (Lipinski definition) is 0. The lowest BCUT2D eigenvalue weighted by atomic mass is 9.75. The Bertz CT molecular complexity index is 460. The highest BCUT2D eigenvalue weighted by atomic mass is 16.5. The van der Waals surface area contributed by atoms with Crippen molar-refractivity contribution in [2.45, 2.75) is 50.0 Å². The molecule has 0 saturated heterocycles. The number of aryl methyl sites for hydroxylation is 1. The van der Waals surface area contributed by atoms with E-state index >= 15 is 0 Å². The van der Waals surface area contributed by atoms with E-state index in [2.05, 4.69) is 11.1 Å². The quantitative estimate of drug-likeness (QED) is 0.818. The molecule has 3 nitrogen and oxygen atoms in total. The first-order valence-electron chi connectivity index (χ1n) is 6.76. The molecule has 3 heteroatoms. The molecule has 0 aliphatic heterocycles. The van der Waals surface area contributed by atoms with Crippen molar-refractivity contribution < 1.29 is 9.53 Å². The molecule has 1 saturated carbocycles. The summed E-state index contributed by atoms with van der Waals surface area (Å²) in [5, 5.41) is 0. The third-order valence-electron chi connectivity index (χ3n) is 4.54. The summed E-state index contributed by atoms with van der Waals surface area (Å²) in [6, 6.07) is 4.04. The fourth-order valence-electron chi connectivity index (χ4n) is 3.19. The number of Topliss-reactive ketones (excluding diaryl/α,β-unsaturated/α-hetero) is 1. The van der Waals surface area contributed by atoms with Crippen LogP contribution in [0.15, 0.2) is 18.3 Å². The number of methoxy groups -OCH3 is 1. The van der Waals surface area contributed by atoms with Crippen molar-refractivity contribution in [1.82, 2.24) is 4.98 Å². The lowest BCUT2D eigenvalue weighted by molar-refractivity contribution is -0.133. The summed E-state index contributed by atoms with van der Waals surface area (Å²) >= 11 is 0. The first-order valence-corrected chi connectivity index (χ1v) is 6.76. The van der Waals surface area contributed by atoms with E-state index in [-0.39, 0.29) is 11.5 Å². The number of hydrogen-bond acceptors (Lipinski definition) is 3. The van der Waals surface area contributed by atoms with Crippen LogP contribution in [0.3, 0.4) is 0 Å². The predicted molar refractivity (Wildman–Crippen MR) is 68.5 cm³/mol. The third-order valence-corrected chi connectivity index (χ3v) is 4.54. The van der Waals surface area contributed by atoms with Crippen LogP contribution >= 0.6 is 0 Å². The van der Waals surface area contributed by atoms with Crippen molar-refractivity contribution in [3.63, 3.8) is 0 Å². The van der Waals surface area contributed by atoms with Gasteiger partial charge in [0.15, 0.2) is 0 Å². The Hall–Kier alpha value is -1.22. The molecule has 1 atom stereocenters. The molecule has 1 heterocycles. The molecule has 0 amide bonds. The van der Waals surface area contributed by atoms with Gasteiger partial charge in [-0.2, -0.15) is 0 Å². The van der Waals surface area contributed by atoms with Crippen molar-refractivity contribution in [2.24, 2.45) is 0 Å². The minimum Gasteiger partial charge on any atom is -0.378 e. The van der Waals surface area contributed by atoms with Crippen molar-refractivity contribution in [1.29, 1.82) is 0 Å². The molecule has 1 aromatic rings. The molecular weight excluding hydrogens is 226 g/mol. The third kappa shape index (κ3) is 1.87. The van der Waals surface area contributed by atoms with Gasteiger partial charge in [0, 0.05) is 19.7 Å². The van der Waals surface area contributed by atoms with E-state index in [0.717, 1.165) is 31.4 Å². The van der Waals surface area contributed by atoms with Crippen LogP contribution in [-0.4, -0.2) is 23.5 Å². The van der Waals surface area contributed by atoms with Crippen LogP contribution < -0.4 is 0 Å². The minimum absolute atomic E-state index is 0.00817. The van der Waals surface area contributed by atoms with Gasteiger partial charge >= 0.3 is 0 Å². The number of nitrogens with zero attached hydrogens (tertiary/aromatic N) is 1. The van der Waals surface area contributed by atoms with E-state index in [4.69, 9.17) is 4.74 Å². The standard InChI is InChI=1S/C15H19NO2/c1-18-15(7-3-8-15)10-13(17)12-6-5-11-4-2-9-16-14(11)12/h2,4,9,12H,3,5-8,10H2,1H3. The number of ketones is 1. The maximum atomic E-state index is 12.5. The van der Waals surface area contributed by atoms with E-state index in [1.165, 1.54) is 12.0 Å². The Balaban J connectivity index is 1.75. The van der Waals surface area contributed by atoms with Gasteiger partial charge in [0.25, 0.3) is 0 Å². The average Bonchev–Trinajstić information content (AvgIpc) is 2.77. The van der Waals surface area contributed by atoms with Gasteiger partial charge in [0.05, 0.1) is 17.2 Å². The van der Waals surface area contributed by atoms with Crippen LogP contribution in [0.5, 0.6) is 0 Å². The lowest BCUT2D eigenvalue weighted by Crippen LogP contribution is -2.42. The molecule has 2 aliphatic rings. The lowest BCUT2D eigenvalue weighted by Gasteiger charge is -2.40. The number of carbonyl (C=O) groups excluding carboxylic acids is 1.